The monoisotopic (exact) mass is 294 g/mol. The Morgan fingerprint density at radius 1 is 1.33 bits per heavy atom. The molecule has 116 valence electrons. The van der Waals surface area contributed by atoms with Gasteiger partial charge in [-0.3, -0.25) is 9.59 Å². The zero-order valence-corrected chi connectivity index (χ0v) is 12.8. The first kappa shape index (κ1) is 15.5. The van der Waals surface area contributed by atoms with Crippen LogP contribution in [0.2, 0.25) is 0 Å². The summed E-state index contributed by atoms with van der Waals surface area (Å²) in [5, 5.41) is 0. The van der Waals surface area contributed by atoms with E-state index in [1.165, 1.54) is 0 Å². The number of carbonyl (C=O) groups is 2. The zero-order valence-electron chi connectivity index (χ0n) is 12.8. The summed E-state index contributed by atoms with van der Waals surface area (Å²) in [5.74, 6) is 1.01. The summed E-state index contributed by atoms with van der Waals surface area (Å²) >= 11 is 0. The average Bonchev–Trinajstić information content (AvgIpc) is 2.77. The molecule has 1 fully saturated rings. The van der Waals surface area contributed by atoms with Crippen LogP contribution in [0.4, 0.5) is 0 Å². The first-order valence-corrected chi connectivity index (χ1v) is 7.38. The Morgan fingerprint density at radius 2 is 2.00 bits per heavy atom. The molecule has 0 bridgehead atoms. The topological polar surface area (TPSA) is 72.6 Å². The van der Waals surface area contributed by atoms with E-state index in [0.717, 1.165) is 5.69 Å². The van der Waals surface area contributed by atoms with Gasteiger partial charge >= 0.3 is 5.97 Å². The van der Waals surface area contributed by atoms with Gasteiger partial charge in [0.15, 0.2) is 5.89 Å². The summed E-state index contributed by atoms with van der Waals surface area (Å²) in [6.07, 6.45) is 1.56. The summed E-state index contributed by atoms with van der Waals surface area (Å²) in [4.78, 5) is 29.9. The summed E-state index contributed by atoms with van der Waals surface area (Å²) in [7, 11) is 0. The maximum Gasteiger partial charge on any atom is 0.309 e. The molecule has 0 spiro atoms. The van der Waals surface area contributed by atoms with E-state index in [1.807, 2.05) is 6.92 Å². The number of hydrogen-bond donors (Lipinski definition) is 0. The average molecular weight is 294 g/mol. The SMILES string of the molecule is CCOC(=O)C1CCN(C(=O)Cc2oc(C)nc2C)CC1. The Labute approximate surface area is 124 Å². The minimum absolute atomic E-state index is 0.0246. The number of aryl methyl sites for hydroxylation is 2. The number of ether oxygens (including phenoxy) is 1. The van der Waals surface area contributed by atoms with Gasteiger partial charge in [0, 0.05) is 20.0 Å². The molecule has 0 radical (unpaired) electrons. The van der Waals surface area contributed by atoms with E-state index >= 15 is 0 Å². The molecule has 2 rings (SSSR count). The molecule has 1 aliphatic rings. The molecule has 6 nitrogen and oxygen atoms in total. The quantitative estimate of drug-likeness (QED) is 0.789. The lowest BCUT2D eigenvalue weighted by Gasteiger charge is -2.30. The second kappa shape index (κ2) is 6.74. The number of carbonyl (C=O) groups excluding carboxylic acids is 2. The van der Waals surface area contributed by atoms with Crippen molar-refractivity contribution in [2.45, 2.75) is 40.0 Å². The maximum atomic E-state index is 12.3. The van der Waals surface area contributed by atoms with Crippen molar-refractivity contribution in [2.24, 2.45) is 5.92 Å². The third-order valence-electron chi connectivity index (χ3n) is 3.78. The fraction of sp³-hybridized carbons (Fsp3) is 0.667. The van der Waals surface area contributed by atoms with Gasteiger partial charge in [-0.15, -0.1) is 0 Å². The van der Waals surface area contributed by atoms with Crippen molar-refractivity contribution in [3.63, 3.8) is 0 Å². The number of piperidine rings is 1. The van der Waals surface area contributed by atoms with Crippen LogP contribution in [-0.2, 0) is 20.7 Å². The Bertz CT molecular complexity index is 516. The van der Waals surface area contributed by atoms with Gasteiger partial charge in [0.25, 0.3) is 0 Å². The van der Waals surface area contributed by atoms with Gasteiger partial charge in [-0.2, -0.15) is 0 Å². The predicted molar refractivity (Wildman–Crippen MR) is 75.6 cm³/mol. The van der Waals surface area contributed by atoms with E-state index in [1.54, 1.807) is 18.7 Å². The van der Waals surface area contributed by atoms with Gasteiger partial charge in [-0.25, -0.2) is 4.98 Å². The van der Waals surface area contributed by atoms with Crippen molar-refractivity contribution in [1.29, 1.82) is 0 Å². The van der Waals surface area contributed by atoms with E-state index in [4.69, 9.17) is 9.15 Å². The number of hydrogen-bond acceptors (Lipinski definition) is 5. The lowest BCUT2D eigenvalue weighted by molar-refractivity contribution is -0.151. The molecule has 1 aliphatic heterocycles. The molecular weight excluding hydrogens is 272 g/mol. The third kappa shape index (κ3) is 3.83. The highest BCUT2D eigenvalue weighted by Crippen LogP contribution is 2.20. The van der Waals surface area contributed by atoms with Crippen LogP contribution in [0, 0.1) is 19.8 Å². The van der Waals surface area contributed by atoms with Crippen molar-refractivity contribution in [1.82, 2.24) is 9.88 Å². The van der Waals surface area contributed by atoms with Crippen LogP contribution in [0.5, 0.6) is 0 Å². The van der Waals surface area contributed by atoms with Crippen LogP contribution in [0.1, 0.15) is 37.1 Å². The lowest BCUT2D eigenvalue weighted by atomic mass is 9.97. The summed E-state index contributed by atoms with van der Waals surface area (Å²) in [6, 6.07) is 0. The van der Waals surface area contributed by atoms with Gasteiger partial charge in [0.05, 0.1) is 24.6 Å². The second-order valence-electron chi connectivity index (χ2n) is 5.33. The summed E-state index contributed by atoms with van der Waals surface area (Å²) < 4.78 is 10.5. The molecule has 1 amide bonds. The minimum Gasteiger partial charge on any atom is -0.466 e. The van der Waals surface area contributed by atoms with E-state index < -0.39 is 0 Å². The molecule has 0 N–H and O–H groups in total. The van der Waals surface area contributed by atoms with Crippen LogP contribution >= 0.6 is 0 Å². The fourth-order valence-corrected chi connectivity index (χ4v) is 2.61. The molecule has 2 heterocycles. The third-order valence-corrected chi connectivity index (χ3v) is 3.78. The fourth-order valence-electron chi connectivity index (χ4n) is 2.61. The normalized spacial score (nSPS) is 16.0. The number of nitrogens with zero attached hydrogens (tertiary/aromatic N) is 2. The van der Waals surface area contributed by atoms with Gasteiger partial charge in [-0.1, -0.05) is 0 Å². The highest BCUT2D eigenvalue weighted by Gasteiger charge is 2.28. The maximum absolute atomic E-state index is 12.3. The van der Waals surface area contributed by atoms with E-state index in [9.17, 15) is 9.59 Å². The zero-order chi connectivity index (χ0) is 15.4. The summed E-state index contributed by atoms with van der Waals surface area (Å²) in [6.45, 7) is 7.00. The smallest absolute Gasteiger partial charge is 0.309 e. The van der Waals surface area contributed by atoms with Gasteiger partial charge in [0.1, 0.15) is 5.76 Å². The van der Waals surface area contributed by atoms with Gasteiger partial charge in [0.2, 0.25) is 5.91 Å². The van der Waals surface area contributed by atoms with Crippen molar-refractivity contribution in [2.75, 3.05) is 19.7 Å². The van der Waals surface area contributed by atoms with Crippen LogP contribution < -0.4 is 0 Å². The van der Waals surface area contributed by atoms with Crippen molar-refractivity contribution >= 4 is 11.9 Å². The van der Waals surface area contributed by atoms with E-state index in [-0.39, 0.29) is 24.2 Å². The molecule has 1 aromatic heterocycles. The highest BCUT2D eigenvalue weighted by molar-refractivity contribution is 5.79. The van der Waals surface area contributed by atoms with E-state index in [0.29, 0.717) is 44.2 Å². The largest absolute Gasteiger partial charge is 0.466 e. The lowest BCUT2D eigenvalue weighted by Crippen LogP contribution is -2.41. The molecule has 0 aliphatic carbocycles. The van der Waals surface area contributed by atoms with Crippen molar-refractivity contribution < 1.29 is 18.7 Å². The number of rotatable bonds is 4. The Kier molecular flexibility index (Phi) is 4.98. The Morgan fingerprint density at radius 3 is 2.52 bits per heavy atom. The van der Waals surface area contributed by atoms with Gasteiger partial charge in [-0.05, 0) is 26.7 Å². The molecule has 21 heavy (non-hydrogen) atoms. The number of oxazole rings is 1. The highest BCUT2D eigenvalue weighted by atomic mass is 16.5. The molecular formula is C15H22N2O4. The first-order chi connectivity index (χ1) is 10.0. The Balaban J connectivity index is 1.86. The number of aromatic nitrogens is 1. The first-order valence-electron chi connectivity index (χ1n) is 7.38. The van der Waals surface area contributed by atoms with Crippen molar-refractivity contribution in [3.8, 4) is 0 Å². The summed E-state index contributed by atoms with van der Waals surface area (Å²) in [5.41, 5.74) is 0.766. The Hall–Kier alpha value is -1.85. The molecule has 1 saturated heterocycles. The minimum atomic E-state index is -0.147. The molecule has 0 atom stereocenters. The van der Waals surface area contributed by atoms with Crippen LogP contribution in [0.3, 0.4) is 0 Å². The van der Waals surface area contributed by atoms with Crippen LogP contribution in [0.15, 0.2) is 4.42 Å². The number of amides is 1. The van der Waals surface area contributed by atoms with Gasteiger partial charge < -0.3 is 14.1 Å². The number of esters is 1. The molecule has 0 unspecified atom stereocenters. The number of likely N-dealkylation sites (tertiary alicyclic amines) is 1. The standard InChI is InChI=1S/C15H22N2O4/c1-4-20-15(19)12-5-7-17(8-6-12)14(18)9-13-10(2)16-11(3)21-13/h12H,4-9H2,1-3H3. The van der Waals surface area contributed by atoms with Crippen molar-refractivity contribution in [3.05, 3.63) is 17.3 Å². The van der Waals surface area contributed by atoms with Crippen LogP contribution in [0.25, 0.3) is 0 Å². The van der Waals surface area contributed by atoms with E-state index in [2.05, 4.69) is 4.98 Å². The molecule has 0 aromatic carbocycles. The van der Waals surface area contributed by atoms with Crippen LogP contribution in [-0.4, -0.2) is 41.5 Å². The molecule has 1 aromatic rings. The molecule has 0 saturated carbocycles. The molecule has 6 heteroatoms. The second-order valence-corrected chi connectivity index (χ2v) is 5.33. The predicted octanol–water partition coefficient (Wildman–Crippen LogP) is 1.64.